The number of rotatable bonds is 1. The van der Waals surface area contributed by atoms with Gasteiger partial charge in [0.1, 0.15) is 0 Å². The fourth-order valence-corrected chi connectivity index (χ4v) is 2.71. The number of hydrogen-bond acceptors (Lipinski definition) is 2. The van der Waals surface area contributed by atoms with E-state index in [1.165, 1.54) is 12.2 Å². The predicted octanol–water partition coefficient (Wildman–Crippen LogP) is 1.48. The van der Waals surface area contributed by atoms with Crippen LogP contribution in [0, 0.1) is 5.92 Å². The lowest BCUT2D eigenvalue weighted by atomic mass is 9.93. The highest BCUT2D eigenvalue weighted by Crippen LogP contribution is 2.41. The SMILES string of the molecule is CC1(C)SCCC1CN. The maximum absolute atomic E-state index is 5.60. The third-order valence-electron chi connectivity index (χ3n) is 2.21. The van der Waals surface area contributed by atoms with Crippen LogP contribution in [0.25, 0.3) is 0 Å². The van der Waals surface area contributed by atoms with E-state index >= 15 is 0 Å². The predicted molar refractivity (Wildman–Crippen MR) is 43.7 cm³/mol. The molecule has 1 saturated heterocycles. The lowest BCUT2D eigenvalue weighted by Crippen LogP contribution is -2.28. The summed E-state index contributed by atoms with van der Waals surface area (Å²) in [5.74, 6) is 2.05. The second kappa shape index (κ2) is 2.51. The normalized spacial score (nSPS) is 33.0. The van der Waals surface area contributed by atoms with Gasteiger partial charge in [-0.3, -0.25) is 0 Å². The molecule has 2 N–H and O–H groups in total. The fraction of sp³-hybridized carbons (Fsp3) is 1.00. The van der Waals surface area contributed by atoms with Gasteiger partial charge in [0.05, 0.1) is 0 Å². The zero-order valence-electron chi connectivity index (χ0n) is 6.18. The van der Waals surface area contributed by atoms with Crippen LogP contribution >= 0.6 is 11.8 Å². The molecule has 0 amide bonds. The van der Waals surface area contributed by atoms with Crippen LogP contribution in [0.4, 0.5) is 0 Å². The summed E-state index contributed by atoms with van der Waals surface area (Å²) in [5.41, 5.74) is 5.60. The summed E-state index contributed by atoms with van der Waals surface area (Å²) in [4.78, 5) is 0. The molecule has 0 spiro atoms. The molecule has 1 atom stereocenters. The van der Waals surface area contributed by atoms with Crippen molar-refractivity contribution in [2.24, 2.45) is 11.7 Å². The topological polar surface area (TPSA) is 26.0 Å². The van der Waals surface area contributed by atoms with Crippen molar-refractivity contribution in [1.29, 1.82) is 0 Å². The molecule has 0 bridgehead atoms. The molecule has 1 heterocycles. The van der Waals surface area contributed by atoms with Crippen LogP contribution in [-0.2, 0) is 0 Å². The average molecular weight is 145 g/mol. The maximum Gasteiger partial charge on any atom is 0.0144 e. The quantitative estimate of drug-likeness (QED) is 0.605. The van der Waals surface area contributed by atoms with Crippen LogP contribution in [0.5, 0.6) is 0 Å². The highest BCUT2D eigenvalue weighted by molar-refractivity contribution is 8.00. The van der Waals surface area contributed by atoms with Gasteiger partial charge in [-0.1, -0.05) is 13.8 Å². The zero-order valence-corrected chi connectivity index (χ0v) is 7.00. The highest BCUT2D eigenvalue weighted by Gasteiger charge is 2.33. The van der Waals surface area contributed by atoms with Crippen molar-refractivity contribution in [3.8, 4) is 0 Å². The van der Waals surface area contributed by atoms with Crippen molar-refractivity contribution in [2.45, 2.75) is 25.0 Å². The third-order valence-corrected chi connectivity index (χ3v) is 3.73. The lowest BCUT2D eigenvalue weighted by molar-refractivity contribution is 0.446. The smallest absolute Gasteiger partial charge is 0.0144 e. The Morgan fingerprint density at radius 2 is 2.33 bits per heavy atom. The third kappa shape index (κ3) is 1.41. The minimum Gasteiger partial charge on any atom is -0.330 e. The van der Waals surface area contributed by atoms with E-state index in [9.17, 15) is 0 Å². The minimum absolute atomic E-state index is 0.453. The first-order valence-electron chi connectivity index (χ1n) is 3.51. The Balaban J connectivity index is 2.52. The van der Waals surface area contributed by atoms with E-state index in [1.54, 1.807) is 0 Å². The molecule has 1 aliphatic heterocycles. The van der Waals surface area contributed by atoms with E-state index in [0.29, 0.717) is 4.75 Å². The van der Waals surface area contributed by atoms with Gasteiger partial charge in [-0.2, -0.15) is 11.8 Å². The van der Waals surface area contributed by atoms with Gasteiger partial charge in [0.2, 0.25) is 0 Å². The molecule has 0 aliphatic carbocycles. The molecule has 0 radical (unpaired) electrons. The first-order valence-corrected chi connectivity index (χ1v) is 4.49. The van der Waals surface area contributed by atoms with Crippen LogP contribution in [0.3, 0.4) is 0 Å². The first-order chi connectivity index (χ1) is 4.17. The van der Waals surface area contributed by atoms with Gasteiger partial charge >= 0.3 is 0 Å². The molecule has 1 fully saturated rings. The monoisotopic (exact) mass is 145 g/mol. The molecule has 0 aromatic rings. The summed E-state index contributed by atoms with van der Waals surface area (Å²) in [6.45, 7) is 5.45. The van der Waals surface area contributed by atoms with E-state index in [2.05, 4.69) is 25.6 Å². The van der Waals surface area contributed by atoms with Gasteiger partial charge in [0.25, 0.3) is 0 Å². The summed E-state index contributed by atoms with van der Waals surface area (Å²) < 4.78 is 0.453. The second-order valence-electron chi connectivity index (χ2n) is 3.17. The van der Waals surface area contributed by atoms with Crippen LogP contribution in [-0.4, -0.2) is 17.0 Å². The molecule has 9 heavy (non-hydrogen) atoms. The Kier molecular flexibility index (Phi) is 2.07. The van der Waals surface area contributed by atoms with Crippen molar-refractivity contribution in [3.05, 3.63) is 0 Å². The van der Waals surface area contributed by atoms with E-state index in [4.69, 9.17) is 5.73 Å². The van der Waals surface area contributed by atoms with Gasteiger partial charge in [0, 0.05) is 4.75 Å². The van der Waals surface area contributed by atoms with Crippen LogP contribution in [0.2, 0.25) is 0 Å². The molecule has 0 aromatic heterocycles. The molecule has 1 aliphatic rings. The Morgan fingerprint density at radius 1 is 1.67 bits per heavy atom. The largest absolute Gasteiger partial charge is 0.330 e. The molecule has 1 unspecified atom stereocenters. The van der Waals surface area contributed by atoms with E-state index in [0.717, 1.165) is 12.5 Å². The summed E-state index contributed by atoms with van der Waals surface area (Å²) in [6.07, 6.45) is 1.31. The number of hydrogen-bond donors (Lipinski definition) is 1. The summed E-state index contributed by atoms with van der Waals surface area (Å²) >= 11 is 2.05. The number of nitrogens with two attached hydrogens (primary N) is 1. The van der Waals surface area contributed by atoms with Crippen molar-refractivity contribution in [3.63, 3.8) is 0 Å². The average Bonchev–Trinajstić information content (AvgIpc) is 2.08. The summed E-state index contributed by atoms with van der Waals surface area (Å²) in [7, 11) is 0. The molecular formula is C7H15NS. The van der Waals surface area contributed by atoms with Gasteiger partial charge in [0.15, 0.2) is 0 Å². The standard InChI is InChI=1S/C7H15NS/c1-7(2)6(5-8)3-4-9-7/h6H,3-5,8H2,1-2H3. The van der Waals surface area contributed by atoms with Crippen LogP contribution < -0.4 is 5.73 Å². The molecule has 0 saturated carbocycles. The Bertz CT molecular complexity index is 101. The first kappa shape index (κ1) is 7.42. The number of thioether (sulfide) groups is 1. The van der Waals surface area contributed by atoms with Crippen LogP contribution in [0.15, 0.2) is 0 Å². The second-order valence-corrected chi connectivity index (χ2v) is 4.92. The molecule has 1 rings (SSSR count). The van der Waals surface area contributed by atoms with E-state index in [1.807, 2.05) is 0 Å². The zero-order chi connectivity index (χ0) is 6.91. The molecular weight excluding hydrogens is 130 g/mol. The Hall–Kier alpha value is 0.310. The molecule has 0 aromatic carbocycles. The Morgan fingerprint density at radius 3 is 2.56 bits per heavy atom. The van der Waals surface area contributed by atoms with Gasteiger partial charge < -0.3 is 5.73 Å². The summed E-state index contributed by atoms with van der Waals surface area (Å²) in [5, 5.41) is 0. The van der Waals surface area contributed by atoms with Crippen LogP contribution in [0.1, 0.15) is 20.3 Å². The minimum atomic E-state index is 0.453. The highest BCUT2D eigenvalue weighted by atomic mass is 32.2. The van der Waals surface area contributed by atoms with Crippen molar-refractivity contribution < 1.29 is 0 Å². The van der Waals surface area contributed by atoms with Crippen molar-refractivity contribution >= 4 is 11.8 Å². The maximum atomic E-state index is 5.60. The lowest BCUT2D eigenvalue weighted by Gasteiger charge is -2.23. The molecule has 54 valence electrons. The van der Waals surface area contributed by atoms with E-state index < -0.39 is 0 Å². The van der Waals surface area contributed by atoms with Gasteiger partial charge in [-0.05, 0) is 24.6 Å². The van der Waals surface area contributed by atoms with E-state index in [-0.39, 0.29) is 0 Å². The summed E-state index contributed by atoms with van der Waals surface area (Å²) in [6, 6.07) is 0. The van der Waals surface area contributed by atoms with Gasteiger partial charge in [-0.25, -0.2) is 0 Å². The molecule has 1 nitrogen and oxygen atoms in total. The van der Waals surface area contributed by atoms with Crippen molar-refractivity contribution in [2.75, 3.05) is 12.3 Å². The molecule has 2 heteroatoms. The Labute approximate surface area is 61.4 Å². The fourth-order valence-electron chi connectivity index (χ4n) is 1.33. The van der Waals surface area contributed by atoms with Crippen molar-refractivity contribution in [1.82, 2.24) is 0 Å². The van der Waals surface area contributed by atoms with Gasteiger partial charge in [-0.15, -0.1) is 0 Å².